The lowest BCUT2D eigenvalue weighted by molar-refractivity contribution is -0.660. The molecule has 2 atom stereocenters. The molecule has 3 aromatic rings. The largest absolute Gasteiger partial charge is 0.469 e. The first-order chi connectivity index (χ1) is 15.8. The topological polar surface area (TPSA) is 109 Å². The molecule has 0 fully saturated rings. The van der Waals surface area contributed by atoms with Crippen LogP contribution < -0.4 is 15.6 Å². The minimum Gasteiger partial charge on any atom is -0.469 e. The fraction of sp³-hybridized carbons (Fsp3) is 0.231. The number of nitrogen functional groups attached to an aromatic ring is 1. The number of carbonyl (C=O) groups excluding carboxylic acids is 2. The molecule has 0 saturated carbocycles. The molecule has 2 aromatic carbocycles. The van der Waals surface area contributed by atoms with E-state index in [-0.39, 0.29) is 11.7 Å². The van der Waals surface area contributed by atoms with E-state index < -0.39 is 17.9 Å². The van der Waals surface area contributed by atoms with Crippen LogP contribution in [0.4, 0.5) is 0 Å². The molecule has 33 heavy (non-hydrogen) atoms. The molecule has 0 unspecified atom stereocenters. The number of ether oxygens (including phenoxy) is 1. The van der Waals surface area contributed by atoms with Crippen LogP contribution in [-0.2, 0) is 23.0 Å². The van der Waals surface area contributed by atoms with Crippen LogP contribution in [0.15, 0.2) is 72.9 Å². The molecule has 0 radical (unpaired) electrons. The molecule has 0 aliphatic rings. The van der Waals surface area contributed by atoms with Gasteiger partial charge in [0, 0.05) is 34.9 Å². The van der Waals surface area contributed by atoms with Crippen LogP contribution in [0.1, 0.15) is 28.4 Å². The first-order valence-electron chi connectivity index (χ1n) is 10.7. The second-order valence-corrected chi connectivity index (χ2v) is 7.98. The Balaban J connectivity index is 1.74. The van der Waals surface area contributed by atoms with E-state index in [0.717, 1.165) is 16.8 Å². The Morgan fingerprint density at radius 1 is 1.06 bits per heavy atom. The van der Waals surface area contributed by atoms with Crippen molar-refractivity contribution in [3.05, 3.63) is 89.6 Å². The minimum atomic E-state index is -0.594. The quantitative estimate of drug-likeness (QED) is 0.214. The maximum atomic E-state index is 12.9. The Labute approximate surface area is 193 Å². The SMILES string of the molecule is COC(=O)[C@H](Cc1cccc(C(=N)N)c1)[C@@H](C)NC(=O)c1ccc(-c2cccc[n+]2C)cc1. The zero-order valence-electron chi connectivity index (χ0n) is 19.0. The highest BCUT2D eigenvalue weighted by Crippen LogP contribution is 2.18. The Morgan fingerprint density at radius 3 is 2.42 bits per heavy atom. The number of esters is 1. The highest BCUT2D eigenvalue weighted by molar-refractivity contribution is 5.95. The van der Waals surface area contributed by atoms with E-state index in [9.17, 15) is 9.59 Å². The number of nitrogens with one attached hydrogen (secondary N) is 2. The molecule has 4 N–H and O–H groups in total. The van der Waals surface area contributed by atoms with E-state index in [1.54, 1.807) is 37.3 Å². The molecular formula is C26H29N4O3+. The Kier molecular flexibility index (Phi) is 7.56. The Hall–Kier alpha value is -4.00. The Bertz CT molecular complexity index is 1160. The lowest BCUT2D eigenvalue weighted by atomic mass is 9.92. The molecule has 7 heteroatoms. The standard InChI is InChI=1S/C26H28N4O3/c1-17(22(26(32)33-3)16-18-7-6-8-21(15-18)24(27)28)29-25(31)20-12-10-19(11-13-20)23-9-4-5-14-30(23)2/h4-15,17,22H,16H2,1-3H3,(H3-,27,28,29,31)/p+1/t17-,22-/m1/s1. The van der Waals surface area contributed by atoms with Gasteiger partial charge in [-0.3, -0.25) is 15.0 Å². The van der Waals surface area contributed by atoms with Gasteiger partial charge in [0.05, 0.1) is 13.0 Å². The maximum Gasteiger partial charge on any atom is 0.311 e. The molecule has 170 valence electrons. The van der Waals surface area contributed by atoms with Gasteiger partial charge in [0.15, 0.2) is 6.20 Å². The number of amidine groups is 1. The van der Waals surface area contributed by atoms with Crippen molar-refractivity contribution in [1.82, 2.24) is 5.32 Å². The number of methoxy groups -OCH3 is 1. The van der Waals surface area contributed by atoms with Crippen LogP contribution in [0, 0.1) is 11.3 Å². The number of nitrogens with two attached hydrogens (primary N) is 1. The second-order valence-electron chi connectivity index (χ2n) is 7.98. The van der Waals surface area contributed by atoms with Crippen LogP contribution in [0.5, 0.6) is 0 Å². The van der Waals surface area contributed by atoms with Crippen molar-refractivity contribution in [1.29, 1.82) is 5.41 Å². The van der Waals surface area contributed by atoms with Crippen molar-refractivity contribution >= 4 is 17.7 Å². The minimum absolute atomic E-state index is 0.0413. The Morgan fingerprint density at radius 2 is 1.79 bits per heavy atom. The van der Waals surface area contributed by atoms with E-state index in [2.05, 4.69) is 5.32 Å². The average molecular weight is 446 g/mol. The summed E-state index contributed by atoms with van der Waals surface area (Å²) in [6.07, 6.45) is 2.31. The van der Waals surface area contributed by atoms with Gasteiger partial charge >= 0.3 is 5.97 Å². The third kappa shape index (κ3) is 5.83. The van der Waals surface area contributed by atoms with E-state index in [1.807, 2.05) is 54.2 Å². The number of pyridine rings is 1. The van der Waals surface area contributed by atoms with Crippen molar-refractivity contribution < 1.29 is 18.9 Å². The molecule has 1 heterocycles. The number of hydrogen-bond acceptors (Lipinski definition) is 4. The highest BCUT2D eigenvalue weighted by Gasteiger charge is 2.28. The average Bonchev–Trinajstić information content (AvgIpc) is 2.82. The van der Waals surface area contributed by atoms with Gasteiger partial charge in [-0.15, -0.1) is 0 Å². The summed E-state index contributed by atoms with van der Waals surface area (Å²) >= 11 is 0. The number of aromatic nitrogens is 1. The van der Waals surface area contributed by atoms with Gasteiger partial charge in [-0.1, -0.05) is 18.2 Å². The smallest absolute Gasteiger partial charge is 0.311 e. The molecule has 0 aliphatic heterocycles. The van der Waals surface area contributed by atoms with Gasteiger partial charge in [0.2, 0.25) is 5.69 Å². The summed E-state index contributed by atoms with van der Waals surface area (Å²) in [4.78, 5) is 25.4. The number of nitrogens with zero attached hydrogens (tertiary/aromatic N) is 1. The van der Waals surface area contributed by atoms with Crippen LogP contribution >= 0.6 is 0 Å². The van der Waals surface area contributed by atoms with E-state index in [1.165, 1.54) is 7.11 Å². The van der Waals surface area contributed by atoms with Gasteiger partial charge in [0.1, 0.15) is 12.9 Å². The number of carbonyl (C=O) groups is 2. The van der Waals surface area contributed by atoms with Crippen molar-refractivity contribution in [3.63, 3.8) is 0 Å². The fourth-order valence-corrected chi connectivity index (χ4v) is 3.74. The van der Waals surface area contributed by atoms with E-state index in [4.69, 9.17) is 15.9 Å². The summed E-state index contributed by atoms with van der Waals surface area (Å²) in [5.41, 5.74) is 9.54. The predicted molar refractivity (Wildman–Crippen MR) is 127 cm³/mol. The predicted octanol–water partition coefficient (Wildman–Crippen LogP) is 2.61. The van der Waals surface area contributed by atoms with Gasteiger partial charge < -0.3 is 15.8 Å². The molecule has 3 rings (SSSR count). The van der Waals surface area contributed by atoms with Gasteiger partial charge in [-0.05, 0) is 55.3 Å². The summed E-state index contributed by atoms with van der Waals surface area (Å²) in [5, 5.41) is 10.5. The fourth-order valence-electron chi connectivity index (χ4n) is 3.74. The summed E-state index contributed by atoms with van der Waals surface area (Å²) < 4.78 is 7.00. The molecular weight excluding hydrogens is 416 g/mol. The first-order valence-corrected chi connectivity index (χ1v) is 10.7. The highest BCUT2D eigenvalue weighted by atomic mass is 16.5. The van der Waals surface area contributed by atoms with Gasteiger partial charge in [-0.2, -0.15) is 0 Å². The number of aryl methyl sites for hydroxylation is 1. The molecule has 0 spiro atoms. The second kappa shape index (κ2) is 10.5. The lowest BCUT2D eigenvalue weighted by Gasteiger charge is -2.23. The summed E-state index contributed by atoms with van der Waals surface area (Å²) in [6.45, 7) is 1.78. The molecule has 7 nitrogen and oxygen atoms in total. The van der Waals surface area contributed by atoms with E-state index >= 15 is 0 Å². The normalized spacial score (nSPS) is 12.5. The maximum absolute atomic E-state index is 12.9. The molecule has 0 aliphatic carbocycles. The van der Waals surface area contributed by atoms with Crippen LogP contribution in [0.25, 0.3) is 11.3 Å². The van der Waals surface area contributed by atoms with Crippen molar-refractivity contribution in [3.8, 4) is 11.3 Å². The lowest BCUT2D eigenvalue weighted by Crippen LogP contribution is -2.42. The molecule has 1 amide bonds. The van der Waals surface area contributed by atoms with Crippen LogP contribution in [-0.4, -0.2) is 30.9 Å². The summed E-state index contributed by atoms with van der Waals surface area (Å²) in [6, 6.07) is 20.0. The van der Waals surface area contributed by atoms with Crippen LogP contribution in [0.3, 0.4) is 0 Å². The molecule has 0 saturated heterocycles. The third-order valence-electron chi connectivity index (χ3n) is 5.66. The van der Waals surface area contributed by atoms with Crippen molar-refractivity contribution in [2.24, 2.45) is 18.7 Å². The van der Waals surface area contributed by atoms with Crippen LogP contribution in [0.2, 0.25) is 0 Å². The van der Waals surface area contributed by atoms with Gasteiger partial charge in [0.25, 0.3) is 5.91 Å². The zero-order valence-corrected chi connectivity index (χ0v) is 19.0. The first kappa shape index (κ1) is 23.7. The molecule has 1 aromatic heterocycles. The summed E-state index contributed by atoms with van der Waals surface area (Å²) in [7, 11) is 3.30. The number of benzene rings is 2. The third-order valence-corrected chi connectivity index (χ3v) is 5.66. The van der Waals surface area contributed by atoms with Gasteiger partial charge in [-0.25, -0.2) is 4.57 Å². The monoisotopic (exact) mass is 445 g/mol. The number of rotatable bonds is 8. The van der Waals surface area contributed by atoms with E-state index in [0.29, 0.717) is 17.5 Å². The van der Waals surface area contributed by atoms with Crippen molar-refractivity contribution in [2.75, 3.05) is 7.11 Å². The summed E-state index contributed by atoms with van der Waals surface area (Å²) in [5.74, 6) is -1.31. The zero-order chi connectivity index (χ0) is 24.0. The number of amides is 1. The molecule has 0 bridgehead atoms. The van der Waals surface area contributed by atoms with Crippen molar-refractivity contribution in [2.45, 2.75) is 19.4 Å². The number of hydrogen-bond donors (Lipinski definition) is 3.